The van der Waals surface area contributed by atoms with Crippen LogP contribution in [0.3, 0.4) is 0 Å². The number of carbonyl (C=O) groups excluding carboxylic acids is 3. The first-order valence-corrected chi connectivity index (χ1v) is 11.0. The molecule has 1 fully saturated rings. The topological polar surface area (TPSA) is 190 Å². The fourth-order valence-corrected chi connectivity index (χ4v) is 3.76. The van der Waals surface area contributed by atoms with Crippen molar-refractivity contribution in [3.8, 4) is 0 Å². The van der Waals surface area contributed by atoms with Gasteiger partial charge in [0.05, 0.1) is 11.3 Å². The molecule has 33 heavy (non-hydrogen) atoms. The third kappa shape index (κ3) is 8.11. The first-order valence-electron chi connectivity index (χ1n) is 9.51. The van der Waals surface area contributed by atoms with Crippen molar-refractivity contribution in [3.05, 3.63) is 33.9 Å². The van der Waals surface area contributed by atoms with Gasteiger partial charge in [-0.25, -0.2) is 13.2 Å². The van der Waals surface area contributed by atoms with Gasteiger partial charge in [0.1, 0.15) is 20.5 Å². The number of amides is 2. The number of imide groups is 1. The molecule has 1 aromatic rings. The number of nitro benzene ring substituents is 1. The quantitative estimate of drug-likeness (QED) is 0.0396. The van der Waals surface area contributed by atoms with E-state index in [1.165, 1.54) is 6.07 Å². The van der Waals surface area contributed by atoms with Crippen LogP contribution in [0.5, 0.6) is 0 Å². The zero-order valence-electron chi connectivity index (χ0n) is 17.8. The van der Waals surface area contributed by atoms with Crippen LogP contribution in [0.2, 0.25) is 0 Å². The molecule has 0 radical (unpaired) electrons. The fraction of sp³-hybridized carbons (Fsp3) is 0.444. The number of hydroxylamine groups is 2. The smallest absolute Gasteiger partial charge is 0.747 e. The number of hydrogen-bond acceptors (Lipinski definition) is 10. The average molecular weight is 491 g/mol. The number of nitro groups is 1. The second-order valence-corrected chi connectivity index (χ2v) is 8.46. The summed E-state index contributed by atoms with van der Waals surface area (Å²) in [6.45, 7) is 3.20. The van der Waals surface area contributed by atoms with Gasteiger partial charge in [0.15, 0.2) is 5.69 Å². The molecule has 0 bridgehead atoms. The number of aryl methyl sites for hydroxylation is 1. The molecule has 1 aliphatic rings. The molecule has 1 unspecified atom stereocenters. The van der Waals surface area contributed by atoms with E-state index in [4.69, 9.17) is 0 Å². The van der Waals surface area contributed by atoms with Gasteiger partial charge in [-0.2, -0.15) is 0 Å². The summed E-state index contributed by atoms with van der Waals surface area (Å²) in [4.78, 5) is 53.9. The molecule has 0 aliphatic carbocycles. The van der Waals surface area contributed by atoms with Gasteiger partial charge >= 0.3 is 35.5 Å². The van der Waals surface area contributed by atoms with Crippen molar-refractivity contribution in [1.29, 1.82) is 0 Å². The number of unbranched alkanes of at least 4 members (excludes halogenated alkanes) is 3. The van der Waals surface area contributed by atoms with Crippen molar-refractivity contribution in [1.82, 2.24) is 5.06 Å². The largest absolute Gasteiger partial charge is 1.00 e. The SMILES string of the molecule is C=[N+]=Nc1ccc(CCCCCCC(=O)ON2C(=O)CC(S(=O)(=O)[O-])C2=O)c([N+](=O)[O-])c1.[Na+]. The van der Waals surface area contributed by atoms with Gasteiger partial charge in [0.2, 0.25) is 0 Å². The van der Waals surface area contributed by atoms with Crippen LogP contribution in [-0.2, 0) is 35.8 Å². The molecule has 1 aliphatic heterocycles. The van der Waals surface area contributed by atoms with Crippen LogP contribution in [0.1, 0.15) is 44.1 Å². The average Bonchev–Trinajstić information content (AvgIpc) is 3.00. The van der Waals surface area contributed by atoms with E-state index >= 15 is 0 Å². The predicted molar refractivity (Wildman–Crippen MR) is 105 cm³/mol. The van der Waals surface area contributed by atoms with Crippen LogP contribution in [0.4, 0.5) is 11.4 Å². The Balaban J connectivity index is 0.00000544. The molecule has 15 heteroatoms. The van der Waals surface area contributed by atoms with Crippen molar-refractivity contribution in [2.24, 2.45) is 5.11 Å². The maximum Gasteiger partial charge on any atom is 1.00 e. The summed E-state index contributed by atoms with van der Waals surface area (Å²) in [6.07, 6.45) is 1.60. The van der Waals surface area contributed by atoms with E-state index < -0.39 is 44.5 Å². The minimum Gasteiger partial charge on any atom is -0.747 e. The molecular weight excluding hydrogens is 471 g/mol. The molecule has 0 saturated carbocycles. The predicted octanol–water partition coefficient (Wildman–Crippen LogP) is -1.78. The maximum atomic E-state index is 11.8. The molecule has 0 spiro atoms. The second-order valence-electron chi connectivity index (χ2n) is 6.90. The van der Waals surface area contributed by atoms with Crippen molar-refractivity contribution in [2.45, 2.75) is 50.2 Å². The third-order valence-corrected chi connectivity index (χ3v) is 5.70. The van der Waals surface area contributed by atoms with E-state index in [2.05, 4.69) is 21.5 Å². The van der Waals surface area contributed by atoms with Crippen molar-refractivity contribution in [2.75, 3.05) is 0 Å². The molecule has 1 heterocycles. The van der Waals surface area contributed by atoms with E-state index in [-0.39, 0.29) is 46.7 Å². The Bertz CT molecular complexity index is 1090. The van der Waals surface area contributed by atoms with Gasteiger partial charge in [-0.3, -0.25) is 19.7 Å². The van der Waals surface area contributed by atoms with Crippen LogP contribution in [0.25, 0.3) is 0 Å². The molecule has 13 nitrogen and oxygen atoms in total. The summed E-state index contributed by atoms with van der Waals surface area (Å²) >= 11 is 0. The summed E-state index contributed by atoms with van der Waals surface area (Å²) in [5.41, 5.74) is 0.784. The Morgan fingerprint density at radius 3 is 2.52 bits per heavy atom. The maximum absolute atomic E-state index is 11.8. The number of nitrogens with zero attached hydrogens (tertiary/aromatic N) is 4. The van der Waals surface area contributed by atoms with Crippen molar-refractivity contribution in [3.63, 3.8) is 0 Å². The van der Waals surface area contributed by atoms with Gasteiger partial charge in [-0.1, -0.05) is 12.8 Å². The van der Waals surface area contributed by atoms with Gasteiger partial charge in [0, 0.05) is 22.8 Å². The van der Waals surface area contributed by atoms with Gasteiger partial charge in [0.25, 0.3) is 24.2 Å². The molecular formula is C18H20N4NaO9S+. The first-order chi connectivity index (χ1) is 15.0. The Hall–Kier alpha value is -2.48. The van der Waals surface area contributed by atoms with E-state index in [1.54, 1.807) is 12.1 Å². The molecule has 1 saturated heterocycles. The second kappa shape index (κ2) is 12.7. The van der Waals surface area contributed by atoms with Crippen LogP contribution in [0.15, 0.2) is 23.3 Å². The summed E-state index contributed by atoms with van der Waals surface area (Å²) < 4.78 is 32.9. The van der Waals surface area contributed by atoms with Crippen LogP contribution in [-0.4, -0.2) is 57.5 Å². The minimum atomic E-state index is -5.03. The molecule has 0 N–H and O–H groups in total. The van der Waals surface area contributed by atoms with Crippen LogP contribution < -0.4 is 29.6 Å². The first kappa shape index (κ1) is 28.6. The van der Waals surface area contributed by atoms with Crippen LogP contribution in [0, 0.1) is 10.1 Å². The van der Waals surface area contributed by atoms with E-state index in [0.717, 1.165) is 0 Å². The van der Waals surface area contributed by atoms with Crippen LogP contribution >= 0.6 is 0 Å². The summed E-state index contributed by atoms with van der Waals surface area (Å²) in [5.74, 6) is -3.36. The van der Waals surface area contributed by atoms with Gasteiger partial charge in [-0.15, -0.1) is 5.06 Å². The zero-order chi connectivity index (χ0) is 23.9. The number of hydrogen-bond donors (Lipinski definition) is 0. The number of benzene rings is 1. The zero-order valence-corrected chi connectivity index (χ0v) is 20.7. The summed E-state index contributed by atoms with van der Waals surface area (Å²) in [6, 6.07) is 4.50. The Morgan fingerprint density at radius 1 is 1.27 bits per heavy atom. The van der Waals surface area contributed by atoms with E-state index in [1.807, 2.05) is 0 Å². The van der Waals surface area contributed by atoms with E-state index in [0.29, 0.717) is 43.4 Å². The summed E-state index contributed by atoms with van der Waals surface area (Å²) in [5, 5.41) is 12.8. The minimum absolute atomic E-state index is 0. The number of carbonyl (C=O) groups is 3. The molecule has 2 amide bonds. The number of rotatable bonds is 11. The van der Waals surface area contributed by atoms with Crippen molar-refractivity contribution >= 4 is 46.0 Å². The molecule has 172 valence electrons. The van der Waals surface area contributed by atoms with Crippen molar-refractivity contribution < 1.29 is 71.5 Å². The Kier molecular flexibility index (Phi) is 11.0. The molecule has 1 aromatic carbocycles. The third-order valence-electron chi connectivity index (χ3n) is 4.63. The molecule has 1 atom stereocenters. The monoisotopic (exact) mass is 491 g/mol. The Labute approximate surface area is 211 Å². The Morgan fingerprint density at radius 2 is 1.94 bits per heavy atom. The van der Waals surface area contributed by atoms with E-state index in [9.17, 15) is 37.5 Å². The molecule has 0 aromatic heterocycles. The normalized spacial score (nSPS) is 15.5. The molecule has 2 rings (SSSR count). The van der Waals surface area contributed by atoms with Gasteiger partial charge < -0.3 is 9.39 Å². The summed E-state index contributed by atoms with van der Waals surface area (Å²) in [7, 11) is -5.03. The fourth-order valence-electron chi connectivity index (χ4n) is 3.07. The van der Waals surface area contributed by atoms with Gasteiger partial charge in [-0.05, 0) is 31.4 Å². The standard InChI is InChI=1S/C18H20N4O9S.Na/c1-19-20-13-9-8-12(14(10-13)22(26)27)6-4-2-3-5-7-17(24)31-21-16(23)11-15(18(21)25)32(28,29)30;/h8-10,15H,1-7,11H2;/q;+1.